The van der Waals surface area contributed by atoms with Crippen LogP contribution in [-0.2, 0) is 32.9 Å². The maximum Gasteiger partial charge on any atom is 0.407 e. The van der Waals surface area contributed by atoms with Crippen LogP contribution >= 0.6 is 0 Å². The fourth-order valence-corrected chi connectivity index (χ4v) is 6.49. The maximum absolute atomic E-state index is 14.4. The average Bonchev–Trinajstić information content (AvgIpc) is 3.46. The van der Waals surface area contributed by atoms with Crippen LogP contribution in [0.5, 0.6) is 0 Å². The summed E-state index contributed by atoms with van der Waals surface area (Å²) in [5.41, 5.74) is 3.16. The topological polar surface area (TPSA) is 177 Å². The van der Waals surface area contributed by atoms with Crippen molar-refractivity contribution in [2.45, 2.75) is 118 Å². The van der Waals surface area contributed by atoms with Gasteiger partial charge in [-0.15, -0.1) is 0 Å². The van der Waals surface area contributed by atoms with Crippen molar-refractivity contribution < 1.29 is 34.1 Å². The van der Waals surface area contributed by atoms with Gasteiger partial charge in [0, 0.05) is 26.2 Å². The van der Waals surface area contributed by atoms with E-state index in [1.807, 2.05) is 71.0 Å². The van der Waals surface area contributed by atoms with Crippen molar-refractivity contribution in [2.24, 2.45) is 17.3 Å². The molecule has 306 valence electrons. The summed E-state index contributed by atoms with van der Waals surface area (Å²) in [5, 5.41) is 29.8. The van der Waals surface area contributed by atoms with Gasteiger partial charge < -0.3 is 35.4 Å². The summed E-state index contributed by atoms with van der Waals surface area (Å²) in [4.78, 5) is 62.0. The normalized spacial score (nSPS) is 16.4. The van der Waals surface area contributed by atoms with Gasteiger partial charge in [-0.1, -0.05) is 91.3 Å². The molecule has 0 radical (unpaired) electrons. The molecule has 1 aliphatic heterocycles. The fourth-order valence-electron chi connectivity index (χ4n) is 6.49. The zero-order chi connectivity index (χ0) is 41.1. The molecule has 2 heterocycles. The van der Waals surface area contributed by atoms with Crippen LogP contribution in [0.1, 0.15) is 92.1 Å². The van der Waals surface area contributed by atoms with E-state index in [9.17, 15) is 29.4 Å². The molecule has 14 nitrogen and oxygen atoms in total. The summed E-state index contributed by atoms with van der Waals surface area (Å²) in [6.07, 6.45) is -0.247. The summed E-state index contributed by atoms with van der Waals surface area (Å²) < 4.78 is 4.77. The maximum atomic E-state index is 14.4. The predicted molar refractivity (Wildman–Crippen MR) is 211 cm³/mol. The highest BCUT2D eigenvalue weighted by atomic mass is 16.5. The molecule has 5 atom stereocenters. The van der Waals surface area contributed by atoms with Crippen LogP contribution < -0.4 is 16.1 Å². The minimum atomic E-state index is -1.14. The Morgan fingerprint density at radius 3 is 2.22 bits per heavy atom. The van der Waals surface area contributed by atoms with E-state index in [0.29, 0.717) is 50.3 Å². The molecule has 5 amide bonds. The van der Waals surface area contributed by atoms with Gasteiger partial charge in [0.15, 0.2) is 0 Å². The minimum absolute atomic E-state index is 0.0214. The van der Waals surface area contributed by atoms with E-state index in [-0.39, 0.29) is 36.9 Å². The number of alkyl carbamates (subject to hydrolysis) is 1. The molecule has 1 aliphatic rings. The van der Waals surface area contributed by atoms with Crippen molar-refractivity contribution in [2.75, 3.05) is 33.3 Å². The number of nitrogens with one attached hydrogen (secondary N) is 3. The van der Waals surface area contributed by atoms with Gasteiger partial charge in [0.05, 0.1) is 37.2 Å². The average molecular weight is 768 g/mol. The lowest BCUT2D eigenvalue weighted by Gasteiger charge is -2.36. The number of benzene rings is 1. The number of ether oxygens (including phenoxy) is 1. The lowest BCUT2D eigenvalue weighted by atomic mass is 9.86. The summed E-state index contributed by atoms with van der Waals surface area (Å²) >= 11 is 0. The van der Waals surface area contributed by atoms with Crippen LogP contribution in [0, 0.1) is 17.3 Å². The summed E-state index contributed by atoms with van der Waals surface area (Å²) in [7, 11) is 1.23. The van der Waals surface area contributed by atoms with Gasteiger partial charge in [0.25, 0.3) is 5.91 Å². The standard InChI is InChI=1S/C41H65N7O7/c1-11-28(4)34(48-23-22-46(39(48)53)25-30-18-15-19-33(42-30)41(8,9)54)36(50)43-31(24-29-16-13-12-14-17-29)32(49)26-47(21-20-27(2)3)45-37(51)35(40(5,6)7)44-38(52)55-10/h12-19,27-28,31-32,34-35,49,54H,11,20-26H2,1-10H3,(H,43,50)(H,44,52)(H,45,51). The van der Waals surface area contributed by atoms with E-state index in [0.717, 1.165) is 5.56 Å². The van der Waals surface area contributed by atoms with Crippen molar-refractivity contribution in [3.63, 3.8) is 0 Å². The monoisotopic (exact) mass is 767 g/mol. The second-order valence-corrected chi connectivity index (χ2v) is 16.7. The zero-order valence-electron chi connectivity index (χ0n) is 34.5. The molecule has 0 aliphatic carbocycles. The molecule has 0 spiro atoms. The van der Waals surface area contributed by atoms with Gasteiger partial charge in [0.1, 0.15) is 17.7 Å². The van der Waals surface area contributed by atoms with E-state index in [1.54, 1.807) is 40.8 Å². The number of hydrogen-bond acceptors (Lipinski definition) is 9. The number of aromatic nitrogens is 1. The number of hydrazine groups is 1. The van der Waals surface area contributed by atoms with Crippen LogP contribution in [0.4, 0.5) is 9.59 Å². The molecule has 1 aromatic heterocycles. The Morgan fingerprint density at radius 1 is 0.964 bits per heavy atom. The molecule has 0 saturated carbocycles. The summed E-state index contributed by atoms with van der Waals surface area (Å²) in [6.45, 7) is 18.2. The Bertz CT molecular complexity index is 1560. The third kappa shape index (κ3) is 13.5. The Morgan fingerprint density at radius 2 is 1.64 bits per heavy atom. The van der Waals surface area contributed by atoms with Crippen LogP contribution in [0.2, 0.25) is 0 Å². The number of carbonyl (C=O) groups is 4. The molecule has 3 rings (SSSR count). The summed E-state index contributed by atoms with van der Waals surface area (Å²) in [6, 6.07) is 12.1. The first-order valence-corrected chi connectivity index (χ1v) is 19.4. The number of aliphatic hydroxyl groups is 2. The number of nitrogens with zero attached hydrogens (tertiary/aromatic N) is 4. The molecule has 5 N–H and O–H groups in total. The predicted octanol–water partition coefficient (Wildman–Crippen LogP) is 4.20. The zero-order valence-corrected chi connectivity index (χ0v) is 34.5. The molecule has 0 bridgehead atoms. The van der Waals surface area contributed by atoms with E-state index in [1.165, 1.54) is 7.11 Å². The first-order chi connectivity index (χ1) is 25.7. The van der Waals surface area contributed by atoms with Crippen molar-refractivity contribution >= 4 is 23.9 Å². The Labute approximate surface area is 327 Å². The number of hydrogen-bond donors (Lipinski definition) is 5. The second kappa shape index (κ2) is 20.1. The third-order valence-corrected chi connectivity index (χ3v) is 10.0. The van der Waals surface area contributed by atoms with E-state index in [4.69, 9.17) is 4.74 Å². The van der Waals surface area contributed by atoms with Crippen LogP contribution in [0.3, 0.4) is 0 Å². The number of methoxy groups -OCH3 is 1. The fraction of sp³-hybridized carbons (Fsp3) is 0.634. The Kier molecular flexibility index (Phi) is 16.5. The van der Waals surface area contributed by atoms with Crippen molar-refractivity contribution in [1.29, 1.82) is 0 Å². The lowest BCUT2D eigenvalue weighted by molar-refractivity contribution is -0.132. The number of aliphatic hydroxyl groups excluding tert-OH is 1. The van der Waals surface area contributed by atoms with Crippen LogP contribution in [0.25, 0.3) is 0 Å². The molecule has 55 heavy (non-hydrogen) atoms. The van der Waals surface area contributed by atoms with Gasteiger partial charge in [-0.05, 0) is 61.6 Å². The number of amides is 5. The van der Waals surface area contributed by atoms with Gasteiger partial charge in [-0.25, -0.2) is 14.6 Å². The summed E-state index contributed by atoms with van der Waals surface area (Å²) in [5.74, 6) is -0.750. The van der Waals surface area contributed by atoms with Gasteiger partial charge in [-0.2, -0.15) is 0 Å². The van der Waals surface area contributed by atoms with Gasteiger partial charge >= 0.3 is 12.1 Å². The van der Waals surface area contributed by atoms with Crippen molar-refractivity contribution in [3.05, 3.63) is 65.5 Å². The van der Waals surface area contributed by atoms with Crippen molar-refractivity contribution in [3.8, 4) is 0 Å². The van der Waals surface area contributed by atoms with Crippen molar-refractivity contribution in [1.82, 2.24) is 35.9 Å². The number of carbonyl (C=O) groups excluding carboxylic acids is 4. The van der Waals surface area contributed by atoms with Gasteiger partial charge in [0.2, 0.25) is 5.91 Å². The third-order valence-electron chi connectivity index (χ3n) is 10.0. The highest BCUT2D eigenvalue weighted by Crippen LogP contribution is 2.24. The van der Waals surface area contributed by atoms with Gasteiger partial charge in [-0.3, -0.25) is 20.0 Å². The quantitative estimate of drug-likeness (QED) is 0.131. The number of rotatable bonds is 19. The lowest BCUT2D eigenvalue weighted by Crippen LogP contribution is -2.60. The number of pyridine rings is 1. The SMILES string of the molecule is CCC(C)C(C(=O)NC(Cc1ccccc1)C(O)CN(CCC(C)C)NC(=O)C(NC(=O)OC)C(C)(C)C)N1CCN(Cc2cccc(C(C)(C)O)n2)C1=O. The highest BCUT2D eigenvalue weighted by Gasteiger charge is 2.41. The Balaban J connectivity index is 1.87. The van der Waals surface area contributed by atoms with Crippen LogP contribution in [0.15, 0.2) is 48.5 Å². The molecule has 2 aromatic rings. The molecular formula is C41H65N7O7. The molecule has 5 unspecified atom stereocenters. The molecule has 1 saturated heterocycles. The highest BCUT2D eigenvalue weighted by molar-refractivity contribution is 5.88. The van der Waals surface area contributed by atoms with E-state index in [2.05, 4.69) is 34.9 Å². The first kappa shape index (κ1) is 45.1. The number of urea groups is 1. The second-order valence-electron chi connectivity index (χ2n) is 16.7. The van der Waals surface area contributed by atoms with Crippen LogP contribution in [-0.4, -0.2) is 111 Å². The smallest absolute Gasteiger partial charge is 0.407 e. The molecule has 1 aromatic carbocycles. The molecule has 1 fully saturated rings. The van der Waals surface area contributed by atoms with E-state index >= 15 is 0 Å². The largest absolute Gasteiger partial charge is 0.453 e. The molecule has 14 heteroatoms. The first-order valence-electron chi connectivity index (χ1n) is 19.4. The minimum Gasteiger partial charge on any atom is -0.453 e. The Hall–Kier alpha value is -4.27. The van der Waals surface area contributed by atoms with E-state index < -0.39 is 47.2 Å². The molecular weight excluding hydrogens is 702 g/mol.